The quantitative estimate of drug-likeness (QED) is 0.385. The number of para-hydroxylation sites is 1. The van der Waals surface area contributed by atoms with Gasteiger partial charge < -0.3 is 9.64 Å². The first-order chi connectivity index (χ1) is 17.2. The van der Waals surface area contributed by atoms with Crippen LogP contribution in [0.5, 0.6) is 5.75 Å². The van der Waals surface area contributed by atoms with Crippen molar-refractivity contribution in [1.82, 2.24) is 14.8 Å². The summed E-state index contributed by atoms with van der Waals surface area (Å²) in [5.74, 6) is 0.861. The molecule has 0 spiro atoms. The van der Waals surface area contributed by atoms with Crippen LogP contribution in [-0.2, 0) is 0 Å². The number of aromatic nitrogens is 1. The van der Waals surface area contributed by atoms with Gasteiger partial charge in [0.15, 0.2) is 0 Å². The van der Waals surface area contributed by atoms with Gasteiger partial charge in [-0.05, 0) is 42.0 Å². The molecule has 5 rings (SSSR count). The highest BCUT2D eigenvalue weighted by molar-refractivity contribution is 6.07. The molecule has 35 heavy (non-hydrogen) atoms. The largest absolute Gasteiger partial charge is 0.497 e. The fraction of sp³-hybridized carbons (Fsp3) is 0.200. The van der Waals surface area contributed by atoms with Gasteiger partial charge >= 0.3 is 0 Å². The van der Waals surface area contributed by atoms with Crippen LogP contribution in [0, 0.1) is 0 Å². The van der Waals surface area contributed by atoms with Crippen molar-refractivity contribution in [2.75, 3.05) is 39.8 Å². The molecule has 0 aliphatic carbocycles. The van der Waals surface area contributed by atoms with Crippen molar-refractivity contribution in [3.63, 3.8) is 0 Å². The van der Waals surface area contributed by atoms with Gasteiger partial charge in [-0.1, -0.05) is 60.7 Å². The summed E-state index contributed by atoms with van der Waals surface area (Å²) in [7, 11) is 1.65. The average Bonchev–Trinajstić information content (AvgIpc) is 2.93. The standard InChI is InChI=1S/C30H29N3O2/c1-35-25-15-13-24(14-16-25)29-22-27(26-11-5-6-12-28(26)31-29)30(34)33-20-18-32(19-21-33)17-7-10-23-8-3-2-4-9-23/h2-16,22H,17-21H2,1H3/b10-7+. The molecule has 1 fully saturated rings. The molecular formula is C30H29N3O2. The zero-order chi connectivity index (χ0) is 24.0. The normalized spacial score (nSPS) is 14.5. The van der Waals surface area contributed by atoms with Crippen LogP contribution < -0.4 is 4.74 Å². The maximum atomic E-state index is 13.6. The topological polar surface area (TPSA) is 45.7 Å². The van der Waals surface area contributed by atoms with Crippen LogP contribution in [0.1, 0.15) is 15.9 Å². The molecule has 1 aromatic heterocycles. The van der Waals surface area contributed by atoms with Crippen molar-refractivity contribution in [2.24, 2.45) is 0 Å². The summed E-state index contributed by atoms with van der Waals surface area (Å²) in [5, 5.41) is 0.892. The van der Waals surface area contributed by atoms with E-state index in [0.717, 1.165) is 47.5 Å². The second-order valence-electron chi connectivity index (χ2n) is 8.71. The Labute approximate surface area is 206 Å². The highest BCUT2D eigenvalue weighted by atomic mass is 16.5. The summed E-state index contributed by atoms with van der Waals surface area (Å²) in [6.07, 6.45) is 4.35. The zero-order valence-electron chi connectivity index (χ0n) is 19.9. The van der Waals surface area contributed by atoms with E-state index in [1.807, 2.05) is 77.7 Å². The minimum Gasteiger partial charge on any atom is -0.497 e. The van der Waals surface area contributed by atoms with Crippen LogP contribution >= 0.6 is 0 Å². The van der Waals surface area contributed by atoms with E-state index in [-0.39, 0.29) is 5.91 Å². The summed E-state index contributed by atoms with van der Waals surface area (Å²) < 4.78 is 5.28. The molecular weight excluding hydrogens is 434 g/mol. The van der Waals surface area contributed by atoms with Crippen LogP contribution in [0.4, 0.5) is 0 Å². The molecule has 5 nitrogen and oxygen atoms in total. The molecule has 0 atom stereocenters. The minimum atomic E-state index is 0.0674. The maximum absolute atomic E-state index is 13.6. The molecule has 176 valence electrons. The van der Waals surface area contributed by atoms with Crippen LogP contribution in [0.15, 0.2) is 91.0 Å². The Kier molecular flexibility index (Phi) is 6.87. The number of amides is 1. The lowest BCUT2D eigenvalue weighted by Gasteiger charge is -2.34. The molecule has 3 aromatic carbocycles. The van der Waals surface area contributed by atoms with Crippen LogP contribution in [0.2, 0.25) is 0 Å². The molecule has 0 unspecified atom stereocenters. The number of pyridine rings is 1. The second kappa shape index (κ2) is 10.5. The van der Waals surface area contributed by atoms with Crippen molar-refractivity contribution in [3.8, 4) is 17.0 Å². The minimum absolute atomic E-state index is 0.0674. The van der Waals surface area contributed by atoms with Crippen LogP contribution in [0.25, 0.3) is 28.2 Å². The summed E-state index contributed by atoms with van der Waals surface area (Å²) in [6, 6.07) is 27.9. The van der Waals surface area contributed by atoms with E-state index in [1.54, 1.807) is 7.11 Å². The molecule has 0 saturated carbocycles. The highest BCUT2D eigenvalue weighted by Gasteiger charge is 2.24. The molecule has 5 heteroatoms. The Balaban J connectivity index is 1.31. The Morgan fingerprint density at radius 2 is 1.63 bits per heavy atom. The van der Waals surface area contributed by atoms with E-state index in [1.165, 1.54) is 5.56 Å². The van der Waals surface area contributed by atoms with Gasteiger partial charge in [-0.25, -0.2) is 4.98 Å². The van der Waals surface area contributed by atoms with E-state index >= 15 is 0 Å². The predicted octanol–water partition coefficient (Wildman–Crippen LogP) is 5.38. The smallest absolute Gasteiger partial charge is 0.254 e. The summed E-state index contributed by atoms with van der Waals surface area (Å²) >= 11 is 0. The number of hydrogen-bond acceptors (Lipinski definition) is 4. The first kappa shape index (κ1) is 22.8. The molecule has 0 N–H and O–H groups in total. The van der Waals surface area contributed by atoms with Crippen LogP contribution in [0.3, 0.4) is 0 Å². The Morgan fingerprint density at radius 1 is 0.914 bits per heavy atom. The third-order valence-corrected chi connectivity index (χ3v) is 6.47. The van der Waals surface area contributed by atoms with Gasteiger partial charge in [-0.3, -0.25) is 9.69 Å². The van der Waals surface area contributed by atoms with Gasteiger partial charge in [0.25, 0.3) is 5.91 Å². The van der Waals surface area contributed by atoms with Gasteiger partial charge in [0, 0.05) is 43.7 Å². The fourth-order valence-corrected chi connectivity index (χ4v) is 4.47. The maximum Gasteiger partial charge on any atom is 0.254 e. The summed E-state index contributed by atoms with van der Waals surface area (Å²) in [5.41, 5.74) is 4.49. The van der Waals surface area contributed by atoms with E-state index < -0.39 is 0 Å². The van der Waals surface area contributed by atoms with Gasteiger partial charge in [-0.15, -0.1) is 0 Å². The molecule has 1 aliphatic heterocycles. The number of hydrogen-bond donors (Lipinski definition) is 0. The lowest BCUT2D eigenvalue weighted by atomic mass is 10.0. The molecule has 4 aromatic rings. The molecule has 0 radical (unpaired) electrons. The summed E-state index contributed by atoms with van der Waals surface area (Å²) in [6.45, 7) is 4.04. The van der Waals surface area contributed by atoms with E-state index in [4.69, 9.17) is 9.72 Å². The first-order valence-electron chi connectivity index (χ1n) is 12.0. The van der Waals surface area contributed by atoms with Crippen LogP contribution in [-0.4, -0.2) is 60.5 Å². The Morgan fingerprint density at radius 3 is 2.37 bits per heavy atom. The summed E-state index contributed by atoms with van der Waals surface area (Å²) in [4.78, 5) is 22.8. The number of ether oxygens (including phenoxy) is 1. The Hall–Kier alpha value is -3.96. The fourth-order valence-electron chi connectivity index (χ4n) is 4.47. The number of carbonyl (C=O) groups excluding carboxylic acids is 1. The molecule has 1 aliphatic rings. The van der Waals surface area contributed by atoms with Gasteiger partial charge in [0.05, 0.1) is 23.9 Å². The molecule has 2 heterocycles. The van der Waals surface area contributed by atoms with Gasteiger partial charge in [-0.2, -0.15) is 0 Å². The number of nitrogens with zero attached hydrogens (tertiary/aromatic N) is 3. The monoisotopic (exact) mass is 463 g/mol. The molecule has 1 amide bonds. The van der Waals surface area contributed by atoms with E-state index in [9.17, 15) is 4.79 Å². The first-order valence-corrected chi connectivity index (χ1v) is 12.0. The number of carbonyl (C=O) groups is 1. The lowest BCUT2D eigenvalue weighted by Crippen LogP contribution is -2.48. The molecule has 1 saturated heterocycles. The van der Waals surface area contributed by atoms with Crippen molar-refractivity contribution < 1.29 is 9.53 Å². The molecule has 0 bridgehead atoms. The Bertz CT molecular complexity index is 1330. The number of fused-ring (bicyclic) bond motifs is 1. The van der Waals surface area contributed by atoms with Crippen molar-refractivity contribution in [1.29, 1.82) is 0 Å². The van der Waals surface area contributed by atoms with Gasteiger partial charge in [0.2, 0.25) is 0 Å². The third-order valence-electron chi connectivity index (χ3n) is 6.47. The number of methoxy groups -OCH3 is 1. The second-order valence-corrected chi connectivity index (χ2v) is 8.71. The SMILES string of the molecule is COc1ccc(-c2cc(C(=O)N3CCN(C/C=C/c4ccccc4)CC3)c3ccccc3n2)cc1. The lowest BCUT2D eigenvalue weighted by molar-refractivity contribution is 0.0652. The number of piperazine rings is 1. The number of rotatable bonds is 6. The van der Waals surface area contributed by atoms with Crippen molar-refractivity contribution in [2.45, 2.75) is 0 Å². The highest BCUT2D eigenvalue weighted by Crippen LogP contribution is 2.27. The average molecular weight is 464 g/mol. The van der Waals surface area contributed by atoms with E-state index in [2.05, 4.69) is 29.2 Å². The van der Waals surface area contributed by atoms with Crippen molar-refractivity contribution >= 4 is 22.9 Å². The zero-order valence-corrected chi connectivity index (χ0v) is 19.9. The predicted molar refractivity (Wildman–Crippen MR) is 142 cm³/mol. The third kappa shape index (κ3) is 5.26. The van der Waals surface area contributed by atoms with E-state index in [0.29, 0.717) is 18.7 Å². The number of benzene rings is 3. The van der Waals surface area contributed by atoms with Gasteiger partial charge in [0.1, 0.15) is 5.75 Å². The van der Waals surface area contributed by atoms with Crippen molar-refractivity contribution in [3.05, 3.63) is 102 Å².